The number of carboxylic acid groups (broad SMARTS) is 1. The Morgan fingerprint density at radius 2 is 1.80 bits per heavy atom. The van der Waals surface area contributed by atoms with E-state index < -0.39 is 11.8 Å². The summed E-state index contributed by atoms with van der Waals surface area (Å²) in [6.07, 6.45) is 1.57. The molecule has 0 aliphatic rings. The second-order valence-electron chi connectivity index (χ2n) is 6.88. The van der Waals surface area contributed by atoms with E-state index in [-0.39, 0.29) is 17.1 Å². The van der Waals surface area contributed by atoms with Gasteiger partial charge < -0.3 is 24.9 Å². The lowest BCUT2D eigenvalue weighted by Crippen LogP contribution is -2.09. The van der Waals surface area contributed by atoms with Crippen molar-refractivity contribution in [3.63, 3.8) is 0 Å². The lowest BCUT2D eigenvalue weighted by molar-refractivity contribution is 0.0690. The van der Waals surface area contributed by atoms with Crippen LogP contribution in [0.25, 0.3) is 32.7 Å². The summed E-state index contributed by atoms with van der Waals surface area (Å²) in [6.45, 7) is 0. The second kappa shape index (κ2) is 6.35. The number of hydrogen-bond donors (Lipinski definition) is 4. The smallest absolute Gasteiger partial charge is 0.354 e. The number of carboxylic acids is 1. The van der Waals surface area contributed by atoms with E-state index in [1.165, 1.54) is 25.3 Å². The van der Waals surface area contributed by atoms with Gasteiger partial charge in [-0.3, -0.25) is 4.79 Å². The normalized spacial score (nSPS) is 11.4. The molecular formula is C22H15N3O5. The summed E-state index contributed by atoms with van der Waals surface area (Å²) in [6, 6.07) is 11.4. The van der Waals surface area contributed by atoms with Crippen LogP contribution < -0.4 is 4.74 Å². The number of ketones is 1. The van der Waals surface area contributed by atoms with Gasteiger partial charge in [0.05, 0.1) is 12.6 Å². The summed E-state index contributed by atoms with van der Waals surface area (Å²) >= 11 is 0. The average molecular weight is 401 g/mol. The van der Waals surface area contributed by atoms with Crippen molar-refractivity contribution in [1.82, 2.24) is 15.0 Å². The van der Waals surface area contributed by atoms with Crippen LogP contribution in [-0.4, -0.2) is 44.0 Å². The zero-order valence-corrected chi connectivity index (χ0v) is 15.7. The van der Waals surface area contributed by atoms with Crippen molar-refractivity contribution in [3.8, 4) is 11.5 Å². The Morgan fingerprint density at radius 3 is 2.57 bits per heavy atom. The fourth-order valence-corrected chi connectivity index (χ4v) is 3.70. The van der Waals surface area contributed by atoms with Gasteiger partial charge in [-0.1, -0.05) is 0 Å². The van der Waals surface area contributed by atoms with Crippen LogP contribution in [0.1, 0.15) is 26.5 Å². The van der Waals surface area contributed by atoms with E-state index in [1.807, 2.05) is 0 Å². The number of fused-ring (bicyclic) bond motifs is 4. The quantitative estimate of drug-likeness (QED) is 0.339. The van der Waals surface area contributed by atoms with Crippen molar-refractivity contribution in [2.24, 2.45) is 0 Å². The Balaban J connectivity index is 1.80. The molecule has 0 atom stereocenters. The lowest BCUT2D eigenvalue weighted by Gasteiger charge is -2.05. The predicted molar refractivity (Wildman–Crippen MR) is 111 cm³/mol. The molecule has 5 aromatic rings. The SMILES string of the molecule is COc1ccc2[nH]cc(C(=O)c3nc(C(=O)O)cc4c3[nH]c3ccc(O)cc34)c2c1. The molecule has 0 aliphatic heterocycles. The standard InChI is InChI=1S/C22H15N3O5/c1-30-11-3-5-16-13(7-11)15(9-23-16)21(27)20-19-14(8-18(25-20)22(28)29)12-6-10(26)2-4-17(12)24-19/h2-9,23-24,26H,1H3,(H,28,29). The Hall–Kier alpha value is -4.33. The molecule has 148 valence electrons. The fraction of sp³-hybridized carbons (Fsp3) is 0.0455. The molecule has 5 rings (SSSR count). The van der Waals surface area contributed by atoms with Gasteiger partial charge in [0.2, 0.25) is 5.78 Å². The molecular weight excluding hydrogens is 386 g/mol. The van der Waals surface area contributed by atoms with Gasteiger partial charge in [-0.25, -0.2) is 9.78 Å². The first kappa shape index (κ1) is 17.7. The molecule has 3 aromatic heterocycles. The van der Waals surface area contributed by atoms with E-state index >= 15 is 0 Å². The minimum absolute atomic E-state index is 0.00990. The maximum absolute atomic E-state index is 13.5. The third kappa shape index (κ3) is 2.58. The Kier molecular flexibility index (Phi) is 3.75. The number of nitrogens with zero attached hydrogens (tertiary/aromatic N) is 1. The van der Waals surface area contributed by atoms with Crippen LogP contribution >= 0.6 is 0 Å². The number of aromatic hydroxyl groups is 1. The minimum Gasteiger partial charge on any atom is -0.508 e. The molecule has 0 spiro atoms. The van der Waals surface area contributed by atoms with E-state index in [9.17, 15) is 19.8 Å². The monoisotopic (exact) mass is 401 g/mol. The molecule has 2 aromatic carbocycles. The van der Waals surface area contributed by atoms with Crippen LogP contribution in [-0.2, 0) is 0 Å². The van der Waals surface area contributed by atoms with Gasteiger partial charge in [-0.05, 0) is 42.5 Å². The number of H-pyrrole nitrogens is 2. The van der Waals surface area contributed by atoms with E-state index in [2.05, 4.69) is 15.0 Å². The molecule has 0 saturated heterocycles. The maximum atomic E-state index is 13.5. The number of aromatic nitrogens is 3. The number of methoxy groups -OCH3 is 1. The van der Waals surface area contributed by atoms with E-state index in [1.54, 1.807) is 30.5 Å². The number of phenols is 1. The first-order valence-electron chi connectivity index (χ1n) is 9.05. The number of carbonyl (C=O) groups is 2. The van der Waals surface area contributed by atoms with Crippen molar-refractivity contribution in [2.75, 3.05) is 7.11 Å². The van der Waals surface area contributed by atoms with E-state index in [4.69, 9.17) is 4.74 Å². The summed E-state index contributed by atoms with van der Waals surface area (Å²) in [5, 5.41) is 21.1. The number of carbonyl (C=O) groups excluding carboxylic acids is 1. The van der Waals surface area contributed by atoms with Crippen molar-refractivity contribution >= 4 is 44.5 Å². The van der Waals surface area contributed by atoms with E-state index in [0.717, 1.165) is 5.52 Å². The molecule has 0 radical (unpaired) electrons. The van der Waals surface area contributed by atoms with Crippen LogP contribution in [0, 0.1) is 0 Å². The summed E-state index contributed by atoms with van der Waals surface area (Å²) in [5.74, 6) is -1.05. The number of aromatic carboxylic acids is 1. The summed E-state index contributed by atoms with van der Waals surface area (Å²) in [7, 11) is 1.54. The van der Waals surface area contributed by atoms with Crippen molar-refractivity contribution in [1.29, 1.82) is 0 Å². The topological polar surface area (TPSA) is 128 Å². The van der Waals surface area contributed by atoms with Crippen LogP contribution in [0.2, 0.25) is 0 Å². The van der Waals surface area contributed by atoms with Gasteiger partial charge in [0.15, 0.2) is 0 Å². The predicted octanol–water partition coefficient (Wildman–Crippen LogP) is 3.84. The number of pyridine rings is 1. The second-order valence-corrected chi connectivity index (χ2v) is 6.88. The number of ether oxygens (including phenoxy) is 1. The molecule has 4 N–H and O–H groups in total. The molecule has 3 heterocycles. The molecule has 0 fully saturated rings. The van der Waals surface area contributed by atoms with Crippen LogP contribution in [0.5, 0.6) is 11.5 Å². The Bertz CT molecular complexity index is 1500. The Labute approximate surface area is 168 Å². The molecule has 0 saturated carbocycles. The zero-order chi connectivity index (χ0) is 21.0. The van der Waals surface area contributed by atoms with Crippen LogP contribution in [0.3, 0.4) is 0 Å². The Morgan fingerprint density at radius 1 is 1.00 bits per heavy atom. The summed E-state index contributed by atoms with van der Waals surface area (Å²) in [4.78, 5) is 35.5. The minimum atomic E-state index is -1.25. The average Bonchev–Trinajstić information content (AvgIpc) is 3.33. The third-order valence-corrected chi connectivity index (χ3v) is 5.14. The lowest BCUT2D eigenvalue weighted by atomic mass is 10.0. The molecule has 0 amide bonds. The molecule has 0 bridgehead atoms. The summed E-state index contributed by atoms with van der Waals surface area (Å²) < 4.78 is 5.26. The molecule has 0 aliphatic carbocycles. The first-order valence-corrected chi connectivity index (χ1v) is 9.05. The fourth-order valence-electron chi connectivity index (χ4n) is 3.70. The first-order chi connectivity index (χ1) is 14.5. The van der Waals surface area contributed by atoms with Gasteiger partial charge in [0.25, 0.3) is 0 Å². The highest BCUT2D eigenvalue weighted by molar-refractivity contribution is 6.23. The number of hydrogen-bond acceptors (Lipinski definition) is 5. The maximum Gasteiger partial charge on any atom is 0.354 e. The van der Waals surface area contributed by atoms with Crippen LogP contribution in [0.4, 0.5) is 0 Å². The van der Waals surface area contributed by atoms with Gasteiger partial charge in [0.1, 0.15) is 22.9 Å². The number of phenolic OH excluding ortho intramolecular Hbond substituents is 1. The van der Waals surface area contributed by atoms with E-state index in [0.29, 0.717) is 38.5 Å². The molecule has 8 heteroatoms. The highest BCUT2D eigenvalue weighted by Gasteiger charge is 2.23. The third-order valence-electron chi connectivity index (χ3n) is 5.14. The van der Waals surface area contributed by atoms with Gasteiger partial charge in [-0.15, -0.1) is 0 Å². The van der Waals surface area contributed by atoms with Crippen LogP contribution in [0.15, 0.2) is 48.7 Å². The van der Waals surface area contributed by atoms with Gasteiger partial charge in [0, 0.05) is 39.0 Å². The van der Waals surface area contributed by atoms with Crippen molar-refractivity contribution in [2.45, 2.75) is 0 Å². The number of rotatable bonds is 4. The molecule has 8 nitrogen and oxygen atoms in total. The summed E-state index contributed by atoms with van der Waals surface area (Å²) in [5.41, 5.74) is 1.88. The number of nitrogens with one attached hydrogen (secondary N) is 2. The number of aromatic amines is 2. The highest BCUT2D eigenvalue weighted by Crippen LogP contribution is 2.32. The van der Waals surface area contributed by atoms with Crippen molar-refractivity contribution in [3.05, 3.63) is 65.6 Å². The zero-order valence-electron chi connectivity index (χ0n) is 15.7. The molecule has 30 heavy (non-hydrogen) atoms. The largest absolute Gasteiger partial charge is 0.508 e. The molecule has 0 unspecified atom stereocenters. The van der Waals surface area contributed by atoms with Gasteiger partial charge >= 0.3 is 5.97 Å². The van der Waals surface area contributed by atoms with Gasteiger partial charge in [-0.2, -0.15) is 0 Å². The highest BCUT2D eigenvalue weighted by atomic mass is 16.5. The van der Waals surface area contributed by atoms with Crippen molar-refractivity contribution < 1.29 is 24.5 Å². The number of benzene rings is 2.